The molecule has 1 heterocycles. The smallest absolute Gasteiger partial charge is 0.204 e. The van der Waals surface area contributed by atoms with Crippen molar-refractivity contribution in [3.63, 3.8) is 0 Å². The second-order valence-electron chi connectivity index (χ2n) is 3.47. The number of rotatable bonds is 3. The van der Waals surface area contributed by atoms with E-state index < -0.39 is 12.2 Å². The number of ether oxygens (including phenoxy) is 3. The molecule has 2 atom stereocenters. The molecule has 0 radical (unpaired) electrons. The van der Waals surface area contributed by atoms with Gasteiger partial charge in [0.1, 0.15) is 0 Å². The highest BCUT2D eigenvalue weighted by molar-refractivity contribution is 5.52. The van der Waals surface area contributed by atoms with E-state index in [1.807, 2.05) is 0 Å². The Bertz CT molecular complexity index is 365. The maximum atomic E-state index is 9.12. The predicted molar refractivity (Wildman–Crippen MR) is 56.0 cm³/mol. The van der Waals surface area contributed by atoms with Gasteiger partial charge in [-0.3, -0.25) is 0 Å². The van der Waals surface area contributed by atoms with Gasteiger partial charge in [0.05, 0.1) is 20.3 Å². The van der Waals surface area contributed by atoms with E-state index in [-0.39, 0.29) is 13.2 Å². The van der Waals surface area contributed by atoms with Gasteiger partial charge in [0.25, 0.3) is 0 Å². The highest BCUT2D eigenvalue weighted by atomic mass is 16.6. The number of benzene rings is 1. The van der Waals surface area contributed by atoms with Crippen LogP contribution in [0.5, 0.6) is 17.2 Å². The van der Waals surface area contributed by atoms with E-state index in [0.29, 0.717) is 17.2 Å². The lowest BCUT2D eigenvalue weighted by Gasteiger charge is -2.32. The standard InChI is InChI=1S/C11H14O5/c1-14-7-3-2-4-8-11(7)16-10(6-13)9(5-12)15-8/h2-4,9-10,12-13H,5-6H2,1H3/t9-,10-/m0/s1. The van der Waals surface area contributed by atoms with Gasteiger partial charge in [0, 0.05) is 0 Å². The van der Waals surface area contributed by atoms with Crippen LogP contribution < -0.4 is 14.2 Å². The molecule has 5 heteroatoms. The summed E-state index contributed by atoms with van der Waals surface area (Å²) in [4.78, 5) is 0. The van der Waals surface area contributed by atoms with Crippen molar-refractivity contribution in [3.05, 3.63) is 18.2 Å². The molecular formula is C11H14O5. The quantitative estimate of drug-likeness (QED) is 0.770. The number of aliphatic hydroxyl groups is 2. The van der Waals surface area contributed by atoms with Crippen molar-refractivity contribution in [2.75, 3.05) is 20.3 Å². The second-order valence-corrected chi connectivity index (χ2v) is 3.47. The number of fused-ring (bicyclic) bond motifs is 1. The fraction of sp³-hybridized carbons (Fsp3) is 0.455. The van der Waals surface area contributed by atoms with E-state index in [9.17, 15) is 0 Å². The van der Waals surface area contributed by atoms with Gasteiger partial charge < -0.3 is 24.4 Å². The monoisotopic (exact) mass is 226 g/mol. The minimum atomic E-state index is -0.575. The molecule has 0 amide bonds. The molecule has 0 spiro atoms. The molecule has 2 N–H and O–H groups in total. The lowest BCUT2D eigenvalue weighted by Crippen LogP contribution is -2.44. The molecule has 0 saturated carbocycles. The van der Waals surface area contributed by atoms with Gasteiger partial charge in [-0.05, 0) is 12.1 Å². The Morgan fingerprint density at radius 3 is 2.50 bits per heavy atom. The Hall–Kier alpha value is -1.46. The van der Waals surface area contributed by atoms with Crippen LogP contribution in [-0.4, -0.2) is 42.7 Å². The lowest BCUT2D eigenvalue weighted by atomic mass is 10.1. The van der Waals surface area contributed by atoms with Crippen LogP contribution in [0.15, 0.2) is 18.2 Å². The first-order valence-electron chi connectivity index (χ1n) is 5.02. The van der Waals surface area contributed by atoms with E-state index in [1.165, 1.54) is 7.11 Å². The van der Waals surface area contributed by atoms with Crippen molar-refractivity contribution in [1.29, 1.82) is 0 Å². The van der Waals surface area contributed by atoms with Crippen LogP contribution in [-0.2, 0) is 0 Å². The number of para-hydroxylation sites is 1. The van der Waals surface area contributed by atoms with Crippen LogP contribution in [0.3, 0.4) is 0 Å². The molecule has 1 aromatic rings. The molecule has 16 heavy (non-hydrogen) atoms. The van der Waals surface area contributed by atoms with Gasteiger partial charge in [-0.1, -0.05) is 6.07 Å². The average molecular weight is 226 g/mol. The summed E-state index contributed by atoms with van der Waals surface area (Å²) in [6.45, 7) is -0.426. The van der Waals surface area contributed by atoms with Gasteiger partial charge in [-0.25, -0.2) is 0 Å². The number of methoxy groups -OCH3 is 1. The summed E-state index contributed by atoms with van der Waals surface area (Å²) >= 11 is 0. The molecule has 1 aliphatic rings. The Balaban J connectivity index is 2.34. The van der Waals surface area contributed by atoms with Crippen LogP contribution in [0, 0.1) is 0 Å². The Kier molecular flexibility index (Phi) is 3.17. The third kappa shape index (κ3) is 1.79. The summed E-state index contributed by atoms with van der Waals surface area (Å²) in [7, 11) is 1.53. The van der Waals surface area contributed by atoms with Crippen LogP contribution in [0.25, 0.3) is 0 Å². The lowest BCUT2D eigenvalue weighted by molar-refractivity contribution is -0.0364. The van der Waals surface area contributed by atoms with Gasteiger partial charge in [0.2, 0.25) is 5.75 Å². The minimum absolute atomic E-state index is 0.206. The first kappa shape index (κ1) is 11.0. The molecule has 1 aromatic carbocycles. The first-order chi connectivity index (χ1) is 7.80. The summed E-state index contributed by atoms with van der Waals surface area (Å²) in [5, 5.41) is 18.2. The maximum absolute atomic E-state index is 9.12. The molecule has 0 unspecified atom stereocenters. The Morgan fingerprint density at radius 1 is 1.19 bits per heavy atom. The fourth-order valence-electron chi connectivity index (χ4n) is 1.64. The van der Waals surface area contributed by atoms with E-state index >= 15 is 0 Å². The van der Waals surface area contributed by atoms with Crippen molar-refractivity contribution < 1.29 is 24.4 Å². The summed E-state index contributed by atoms with van der Waals surface area (Å²) in [5.41, 5.74) is 0. The van der Waals surface area contributed by atoms with Gasteiger partial charge in [-0.2, -0.15) is 0 Å². The second kappa shape index (κ2) is 4.59. The van der Waals surface area contributed by atoms with E-state index in [2.05, 4.69) is 0 Å². The topological polar surface area (TPSA) is 68.2 Å². The van der Waals surface area contributed by atoms with E-state index in [1.54, 1.807) is 18.2 Å². The molecule has 1 aliphatic heterocycles. The van der Waals surface area contributed by atoms with Crippen LogP contribution in [0.2, 0.25) is 0 Å². The molecule has 0 aromatic heterocycles. The summed E-state index contributed by atoms with van der Waals surface area (Å²) in [5.74, 6) is 1.53. The van der Waals surface area contributed by atoms with Crippen LogP contribution in [0.1, 0.15) is 0 Å². The zero-order valence-corrected chi connectivity index (χ0v) is 8.92. The molecule has 0 fully saturated rings. The number of hydrogen-bond donors (Lipinski definition) is 2. The third-order valence-electron chi connectivity index (χ3n) is 2.48. The summed E-state index contributed by atoms with van der Waals surface area (Å²) in [6, 6.07) is 5.25. The minimum Gasteiger partial charge on any atom is -0.493 e. The Labute approximate surface area is 93.2 Å². The highest BCUT2D eigenvalue weighted by Gasteiger charge is 2.32. The van der Waals surface area contributed by atoms with Crippen molar-refractivity contribution in [2.24, 2.45) is 0 Å². The number of hydrogen-bond acceptors (Lipinski definition) is 5. The van der Waals surface area contributed by atoms with Crippen molar-refractivity contribution in [1.82, 2.24) is 0 Å². The molecule has 0 bridgehead atoms. The van der Waals surface area contributed by atoms with Crippen LogP contribution >= 0.6 is 0 Å². The number of aliphatic hydroxyl groups excluding tert-OH is 2. The zero-order chi connectivity index (χ0) is 11.5. The molecule has 0 saturated heterocycles. The highest BCUT2D eigenvalue weighted by Crippen LogP contribution is 2.41. The maximum Gasteiger partial charge on any atom is 0.204 e. The first-order valence-corrected chi connectivity index (χ1v) is 5.02. The van der Waals surface area contributed by atoms with Crippen molar-refractivity contribution >= 4 is 0 Å². The van der Waals surface area contributed by atoms with Gasteiger partial charge in [-0.15, -0.1) is 0 Å². The molecule has 88 valence electrons. The van der Waals surface area contributed by atoms with E-state index in [0.717, 1.165) is 0 Å². The fourth-order valence-corrected chi connectivity index (χ4v) is 1.64. The predicted octanol–water partition coefficient (Wildman–Crippen LogP) is 0.188. The SMILES string of the molecule is COc1cccc2c1O[C@@H](CO)[C@H](CO)O2. The average Bonchev–Trinajstić information content (AvgIpc) is 2.36. The molecular weight excluding hydrogens is 212 g/mol. The molecule has 5 nitrogen and oxygen atoms in total. The molecule has 0 aliphatic carbocycles. The van der Waals surface area contributed by atoms with Gasteiger partial charge in [0.15, 0.2) is 23.7 Å². The molecule has 2 rings (SSSR count). The largest absolute Gasteiger partial charge is 0.493 e. The zero-order valence-electron chi connectivity index (χ0n) is 8.92. The van der Waals surface area contributed by atoms with Crippen LogP contribution in [0.4, 0.5) is 0 Å². The normalized spacial score (nSPS) is 22.9. The Morgan fingerprint density at radius 2 is 1.88 bits per heavy atom. The van der Waals surface area contributed by atoms with Crippen molar-refractivity contribution in [3.8, 4) is 17.2 Å². The summed E-state index contributed by atoms with van der Waals surface area (Å²) in [6.07, 6.45) is -1.13. The third-order valence-corrected chi connectivity index (χ3v) is 2.48. The van der Waals surface area contributed by atoms with Gasteiger partial charge >= 0.3 is 0 Å². The van der Waals surface area contributed by atoms with E-state index in [4.69, 9.17) is 24.4 Å². The summed E-state index contributed by atoms with van der Waals surface area (Å²) < 4.78 is 16.2. The van der Waals surface area contributed by atoms with Crippen molar-refractivity contribution in [2.45, 2.75) is 12.2 Å².